The number of rotatable bonds is 6. The zero-order chi connectivity index (χ0) is 16.1. The highest BCUT2D eigenvalue weighted by Gasteiger charge is 2.31. The number of hydrogen-bond donors (Lipinski definition) is 0. The maximum atomic E-state index is 6.09. The molecule has 1 aromatic rings. The number of fused-ring (bicyclic) bond motifs is 1. The quantitative estimate of drug-likeness (QED) is 0.588. The molecule has 0 bridgehead atoms. The fourth-order valence-electron chi connectivity index (χ4n) is 2.81. The first-order valence-electron chi connectivity index (χ1n) is 7.63. The van der Waals surface area contributed by atoms with E-state index in [-0.39, 0.29) is 6.10 Å². The first-order valence-corrected chi connectivity index (χ1v) is 8.16. The molecule has 1 aliphatic rings. The molecule has 1 aromatic carbocycles. The van der Waals surface area contributed by atoms with Crippen LogP contribution >= 0.6 is 11.6 Å². The van der Waals surface area contributed by atoms with E-state index in [9.17, 15) is 0 Å². The Hall–Kier alpha value is -0.970. The zero-order valence-corrected chi connectivity index (χ0v) is 14.5. The second kappa shape index (κ2) is 8.04. The van der Waals surface area contributed by atoms with Gasteiger partial charge in [-0.25, -0.2) is 0 Å². The standard InChI is InChI=1S/C17H25ClO4/c1-11-9-22-16(10-21-6-5-18)17-14(12(11)2)7-13(19-3)8-15(17)20-4/h7-8,11-12,16H,5-6,9-10H2,1-4H3. The molecule has 0 saturated carbocycles. The number of ether oxygens (including phenoxy) is 4. The van der Waals surface area contributed by atoms with Crippen LogP contribution in [0.5, 0.6) is 11.5 Å². The van der Waals surface area contributed by atoms with E-state index < -0.39 is 0 Å². The number of alkyl halides is 1. The summed E-state index contributed by atoms with van der Waals surface area (Å²) in [6.07, 6.45) is -0.147. The van der Waals surface area contributed by atoms with Crippen molar-refractivity contribution in [3.8, 4) is 11.5 Å². The van der Waals surface area contributed by atoms with Gasteiger partial charge in [-0.05, 0) is 23.5 Å². The van der Waals surface area contributed by atoms with Gasteiger partial charge in [0, 0.05) is 17.5 Å². The molecule has 2 rings (SSSR count). The maximum absolute atomic E-state index is 6.09. The van der Waals surface area contributed by atoms with E-state index in [1.807, 2.05) is 6.07 Å². The zero-order valence-electron chi connectivity index (χ0n) is 13.7. The van der Waals surface area contributed by atoms with Gasteiger partial charge in [0.2, 0.25) is 0 Å². The lowest BCUT2D eigenvalue weighted by atomic mass is 9.86. The first kappa shape index (κ1) is 17.4. The summed E-state index contributed by atoms with van der Waals surface area (Å²) in [4.78, 5) is 0. The molecule has 3 unspecified atom stereocenters. The topological polar surface area (TPSA) is 36.9 Å². The average molecular weight is 329 g/mol. The molecule has 0 aliphatic carbocycles. The molecule has 4 nitrogen and oxygen atoms in total. The normalized spacial score (nSPS) is 24.5. The van der Waals surface area contributed by atoms with Crippen LogP contribution in [0.1, 0.15) is 37.0 Å². The van der Waals surface area contributed by atoms with Gasteiger partial charge >= 0.3 is 0 Å². The Kier molecular flexibility index (Phi) is 6.36. The third-order valence-corrected chi connectivity index (χ3v) is 4.47. The molecule has 3 atom stereocenters. The number of halogens is 1. The van der Waals surface area contributed by atoms with E-state index in [0.717, 1.165) is 17.1 Å². The molecule has 124 valence electrons. The number of hydrogen-bond acceptors (Lipinski definition) is 4. The highest BCUT2D eigenvalue weighted by molar-refractivity contribution is 6.17. The molecule has 5 heteroatoms. The smallest absolute Gasteiger partial charge is 0.128 e. The fourth-order valence-corrected chi connectivity index (χ4v) is 2.92. The minimum atomic E-state index is -0.147. The van der Waals surface area contributed by atoms with Gasteiger partial charge in [-0.15, -0.1) is 11.6 Å². The SMILES string of the molecule is COc1cc(OC)c2c(c1)C(C)C(C)COC2COCCCl. The lowest BCUT2D eigenvalue weighted by Crippen LogP contribution is -2.15. The van der Waals surface area contributed by atoms with Crippen LogP contribution in [0.15, 0.2) is 12.1 Å². The van der Waals surface area contributed by atoms with Crippen molar-refractivity contribution in [3.05, 3.63) is 23.3 Å². The monoisotopic (exact) mass is 328 g/mol. The minimum Gasteiger partial charge on any atom is -0.497 e. The van der Waals surface area contributed by atoms with Gasteiger partial charge in [0.1, 0.15) is 17.6 Å². The van der Waals surface area contributed by atoms with Gasteiger partial charge in [0.05, 0.1) is 34.0 Å². The number of methoxy groups -OCH3 is 2. The van der Waals surface area contributed by atoms with Crippen LogP contribution in [-0.4, -0.2) is 39.9 Å². The van der Waals surface area contributed by atoms with E-state index in [0.29, 0.717) is 37.5 Å². The molecule has 0 saturated heterocycles. The molecule has 0 aromatic heterocycles. The van der Waals surface area contributed by atoms with E-state index in [2.05, 4.69) is 19.9 Å². The summed E-state index contributed by atoms with van der Waals surface area (Å²) in [6.45, 7) is 6.09. The van der Waals surface area contributed by atoms with Crippen molar-refractivity contribution < 1.29 is 18.9 Å². The van der Waals surface area contributed by atoms with Crippen molar-refractivity contribution in [1.82, 2.24) is 0 Å². The highest BCUT2D eigenvalue weighted by atomic mass is 35.5. The van der Waals surface area contributed by atoms with Crippen LogP contribution in [0.2, 0.25) is 0 Å². The van der Waals surface area contributed by atoms with Gasteiger partial charge in [0.25, 0.3) is 0 Å². The van der Waals surface area contributed by atoms with Gasteiger partial charge in [0.15, 0.2) is 0 Å². The Morgan fingerprint density at radius 1 is 1.23 bits per heavy atom. The summed E-state index contributed by atoms with van der Waals surface area (Å²) in [7, 11) is 3.34. The summed E-state index contributed by atoms with van der Waals surface area (Å²) in [5, 5.41) is 0. The number of benzene rings is 1. The molecular weight excluding hydrogens is 304 g/mol. The molecule has 1 aliphatic heterocycles. The summed E-state index contributed by atoms with van der Waals surface area (Å²) >= 11 is 5.69. The second-order valence-electron chi connectivity index (χ2n) is 5.68. The van der Waals surface area contributed by atoms with Crippen molar-refractivity contribution in [2.24, 2.45) is 5.92 Å². The van der Waals surface area contributed by atoms with Crippen LogP contribution < -0.4 is 9.47 Å². The van der Waals surface area contributed by atoms with Crippen LogP contribution in [0.4, 0.5) is 0 Å². The van der Waals surface area contributed by atoms with Gasteiger partial charge < -0.3 is 18.9 Å². The van der Waals surface area contributed by atoms with E-state index >= 15 is 0 Å². The molecule has 0 spiro atoms. The molecule has 0 N–H and O–H groups in total. The van der Waals surface area contributed by atoms with Crippen LogP contribution in [-0.2, 0) is 9.47 Å². The Morgan fingerprint density at radius 2 is 2.00 bits per heavy atom. The van der Waals surface area contributed by atoms with Gasteiger partial charge in [-0.2, -0.15) is 0 Å². The van der Waals surface area contributed by atoms with Crippen molar-refractivity contribution in [3.63, 3.8) is 0 Å². The van der Waals surface area contributed by atoms with E-state index in [1.54, 1.807) is 14.2 Å². The fraction of sp³-hybridized carbons (Fsp3) is 0.647. The molecular formula is C17H25ClO4. The Labute approximate surface area is 137 Å². The van der Waals surface area contributed by atoms with Crippen LogP contribution in [0, 0.1) is 5.92 Å². The predicted molar refractivity (Wildman–Crippen MR) is 87.4 cm³/mol. The van der Waals surface area contributed by atoms with Crippen molar-refractivity contribution in [1.29, 1.82) is 0 Å². The Balaban J connectivity index is 2.44. The minimum absolute atomic E-state index is 0.147. The van der Waals surface area contributed by atoms with Crippen molar-refractivity contribution in [2.75, 3.05) is 39.9 Å². The average Bonchev–Trinajstić information content (AvgIpc) is 2.66. The highest BCUT2D eigenvalue weighted by Crippen LogP contribution is 2.43. The molecule has 1 heterocycles. The second-order valence-corrected chi connectivity index (χ2v) is 6.06. The van der Waals surface area contributed by atoms with Gasteiger partial charge in [-0.1, -0.05) is 13.8 Å². The van der Waals surface area contributed by atoms with E-state index in [4.69, 9.17) is 30.5 Å². The van der Waals surface area contributed by atoms with E-state index in [1.165, 1.54) is 5.56 Å². The summed E-state index contributed by atoms with van der Waals surface area (Å²) < 4.78 is 22.7. The van der Waals surface area contributed by atoms with Crippen molar-refractivity contribution in [2.45, 2.75) is 25.9 Å². The summed E-state index contributed by atoms with van der Waals surface area (Å²) in [6, 6.07) is 3.99. The van der Waals surface area contributed by atoms with Crippen LogP contribution in [0.25, 0.3) is 0 Å². The third kappa shape index (κ3) is 3.67. The molecule has 0 amide bonds. The summed E-state index contributed by atoms with van der Waals surface area (Å²) in [5.41, 5.74) is 2.27. The Bertz CT molecular complexity index is 492. The molecule has 0 fully saturated rings. The summed E-state index contributed by atoms with van der Waals surface area (Å²) in [5.74, 6) is 2.84. The Morgan fingerprint density at radius 3 is 2.64 bits per heavy atom. The predicted octanol–water partition coefficient (Wildman–Crippen LogP) is 3.77. The first-order chi connectivity index (χ1) is 10.6. The van der Waals surface area contributed by atoms with Gasteiger partial charge in [-0.3, -0.25) is 0 Å². The maximum Gasteiger partial charge on any atom is 0.128 e. The lowest BCUT2D eigenvalue weighted by molar-refractivity contribution is -0.0237. The molecule has 0 radical (unpaired) electrons. The largest absolute Gasteiger partial charge is 0.497 e. The van der Waals surface area contributed by atoms with Crippen LogP contribution in [0.3, 0.4) is 0 Å². The molecule has 22 heavy (non-hydrogen) atoms. The third-order valence-electron chi connectivity index (χ3n) is 4.32. The van der Waals surface area contributed by atoms with Crippen molar-refractivity contribution >= 4 is 11.6 Å². The lowest BCUT2D eigenvalue weighted by Gasteiger charge is -2.22.